The Morgan fingerprint density at radius 3 is 2.52 bits per heavy atom. The van der Waals surface area contributed by atoms with Gasteiger partial charge in [0.15, 0.2) is 0 Å². The average molecular weight is 378 g/mol. The first-order valence-corrected chi connectivity index (χ1v) is 8.49. The fourth-order valence-corrected chi connectivity index (χ4v) is 2.55. The zero-order valence-corrected chi connectivity index (χ0v) is 14.8. The van der Waals surface area contributed by atoms with Crippen LogP contribution in [0.4, 0.5) is 0 Å². The molecule has 1 heterocycles. The molecule has 0 bridgehead atoms. The molecule has 1 aromatic carbocycles. The van der Waals surface area contributed by atoms with E-state index < -0.39 is 0 Å². The predicted octanol–water partition coefficient (Wildman–Crippen LogP) is 3.30. The first kappa shape index (κ1) is 17.4. The van der Waals surface area contributed by atoms with E-state index in [1.54, 1.807) is 0 Å². The van der Waals surface area contributed by atoms with Gasteiger partial charge in [0.05, 0.1) is 6.04 Å². The minimum absolute atomic E-state index is 0.0936. The molecule has 0 fully saturated rings. The van der Waals surface area contributed by atoms with Crippen LogP contribution in [0.1, 0.15) is 48.8 Å². The Balaban J connectivity index is 2.18. The highest BCUT2D eigenvalue weighted by molar-refractivity contribution is 9.10. The van der Waals surface area contributed by atoms with Crippen molar-refractivity contribution in [2.75, 3.05) is 0 Å². The number of nitrogens with one attached hydrogen (secondary N) is 1. The van der Waals surface area contributed by atoms with E-state index in [0.29, 0.717) is 6.54 Å². The highest BCUT2D eigenvalue weighted by Crippen LogP contribution is 2.19. The summed E-state index contributed by atoms with van der Waals surface area (Å²) < 4.78 is 2.32. The van der Waals surface area contributed by atoms with Gasteiger partial charge in [0.1, 0.15) is 5.69 Å². The molecule has 0 spiro atoms. The quantitative estimate of drug-likeness (QED) is 0.839. The van der Waals surface area contributed by atoms with Crippen LogP contribution in [0.15, 0.2) is 45.7 Å². The van der Waals surface area contributed by atoms with Gasteiger partial charge in [0.2, 0.25) is 0 Å². The topological polar surface area (TPSA) is 64.0 Å². The van der Waals surface area contributed by atoms with Crippen molar-refractivity contribution in [3.05, 3.63) is 62.5 Å². The van der Waals surface area contributed by atoms with E-state index in [0.717, 1.165) is 22.9 Å². The second kappa shape index (κ2) is 8.06. The van der Waals surface area contributed by atoms with Crippen molar-refractivity contribution in [2.45, 2.75) is 39.3 Å². The molecule has 1 atom stereocenters. The van der Waals surface area contributed by atoms with E-state index in [1.807, 2.05) is 38.1 Å². The van der Waals surface area contributed by atoms with Crippen molar-refractivity contribution in [1.82, 2.24) is 15.1 Å². The monoisotopic (exact) mass is 377 g/mol. The summed E-state index contributed by atoms with van der Waals surface area (Å²) >= 11 is 3.40. The van der Waals surface area contributed by atoms with Crippen molar-refractivity contribution in [3.8, 4) is 0 Å². The lowest BCUT2D eigenvalue weighted by Crippen LogP contribution is -2.32. The molecule has 1 aromatic heterocycles. The van der Waals surface area contributed by atoms with Crippen molar-refractivity contribution in [2.24, 2.45) is 0 Å². The lowest BCUT2D eigenvalue weighted by atomic mass is 10.0. The SMILES string of the molecule is CCCn1nc(C(=O)NC(CC)c2ccc(Br)cc2)ccc1=O. The maximum atomic E-state index is 12.4. The summed E-state index contributed by atoms with van der Waals surface area (Å²) in [6.45, 7) is 4.48. The Kier molecular flexibility index (Phi) is 6.10. The van der Waals surface area contributed by atoms with E-state index in [-0.39, 0.29) is 23.2 Å². The number of amides is 1. The number of carbonyl (C=O) groups excluding carboxylic acids is 1. The summed E-state index contributed by atoms with van der Waals surface area (Å²) in [6, 6.07) is 10.6. The van der Waals surface area contributed by atoms with Gasteiger partial charge in [-0.2, -0.15) is 5.10 Å². The molecule has 0 aliphatic rings. The molecule has 122 valence electrons. The van der Waals surface area contributed by atoms with Crippen molar-refractivity contribution >= 4 is 21.8 Å². The zero-order valence-electron chi connectivity index (χ0n) is 13.3. The second-order valence-corrected chi connectivity index (χ2v) is 6.18. The molecule has 1 N–H and O–H groups in total. The molecule has 0 saturated carbocycles. The maximum absolute atomic E-state index is 12.4. The van der Waals surface area contributed by atoms with Crippen molar-refractivity contribution < 1.29 is 4.79 Å². The van der Waals surface area contributed by atoms with Crippen LogP contribution in [-0.4, -0.2) is 15.7 Å². The van der Waals surface area contributed by atoms with Gasteiger partial charge in [-0.05, 0) is 36.6 Å². The third-order valence-electron chi connectivity index (χ3n) is 3.52. The Bertz CT molecular complexity index is 725. The van der Waals surface area contributed by atoms with Crippen LogP contribution in [0, 0.1) is 0 Å². The fraction of sp³-hybridized carbons (Fsp3) is 0.353. The standard InChI is InChI=1S/C17H20BrN3O2/c1-3-11-21-16(22)10-9-15(20-21)17(23)19-14(4-2)12-5-7-13(18)8-6-12/h5-10,14H,3-4,11H2,1-2H3,(H,19,23). The number of hydrogen-bond acceptors (Lipinski definition) is 3. The van der Waals surface area contributed by atoms with Gasteiger partial charge in [-0.15, -0.1) is 0 Å². The minimum Gasteiger partial charge on any atom is -0.344 e. The molecule has 23 heavy (non-hydrogen) atoms. The smallest absolute Gasteiger partial charge is 0.272 e. The molecule has 0 aliphatic carbocycles. The highest BCUT2D eigenvalue weighted by atomic mass is 79.9. The third-order valence-corrected chi connectivity index (χ3v) is 4.05. The molecular formula is C17H20BrN3O2. The van der Waals surface area contributed by atoms with E-state index >= 15 is 0 Å². The molecule has 5 nitrogen and oxygen atoms in total. The molecule has 6 heteroatoms. The van der Waals surface area contributed by atoms with Crippen LogP contribution in [0.5, 0.6) is 0 Å². The number of aromatic nitrogens is 2. The fourth-order valence-electron chi connectivity index (χ4n) is 2.29. The number of benzene rings is 1. The molecule has 0 radical (unpaired) electrons. The summed E-state index contributed by atoms with van der Waals surface area (Å²) in [6.07, 6.45) is 1.55. The molecule has 0 aliphatic heterocycles. The average Bonchev–Trinajstić information content (AvgIpc) is 2.55. The van der Waals surface area contributed by atoms with Crippen LogP contribution in [-0.2, 0) is 6.54 Å². The largest absolute Gasteiger partial charge is 0.344 e. The van der Waals surface area contributed by atoms with Gasteiger partial charge >= 0.3 is 0 Å². The van der Waals surface area contributed by atoms with Crippen LogP contribution < -0.4 is 10.9 Å². The zero-order chi connectivity index (χ0) is 16.8. The summed E-state index contributed by atoms with van der Waals surface area (Å²) in [4.78, 5) is 24.1. The Labute approximate surface area is 143 Å². The summed E-state index contributed by atoms with van der Waals surface area (Å²) in [5.74, 6) is -0.273. The summed E-state index contributed by atoms with van der Waals surface area (Å²) in [5.41, 5.74) is 1.10. The van der Waals surface area contributed by atoms with E-state index in [2.05, 4.69) is 26.3 Å². The van der Waals surface area contributed by atoms with Crippen LogP contribution in [0.3, 0.4) is 0 Å². The first-order chi connectivity index (χ1) is 11.0. The number of aryl methyl sites for hydroxylation is 1. The maximum Gasteiger partial charge on any atom is 0.272 e. The lowest BCUT2D eigenvalue weighted by Gasteiger charge is -2.17. The molecular weight excluding hydrogens is 358 g/mol. The van der Waals surface area contributed by atoms with Gasteiger partial charge in [-0.1, -0.05) is 41.9 Å². The van der Waals surface area contributed by atoms with Gasteiger partial charge in [0.25, 0.3) is 11.5 Å². The van der Waals surface area contributed by atoms with Gasteiger partial charge in [0, 0.05) is 17.1 Å². The van der Waals surface area contributed by atoms with E-state index in [9.17, 15) is 9.59 Å². The highest BCUT2D eigenvalue weighted by Gasteiger charge is 2.16. The van der Waals surface area contributed by atoms with Crippen LogP contribution in [0.2, 0.25) is 0 Å². The van der Waals surface area contributed by atoms with E-state index in [1.165, 1.54) is 16.8 Å². The first-order valence-electron chi connectivity index (χ1n) is 7.69. The second-order valence-electron chi connectivity index (χ2n) is 5.27. The Morgan fingerprint density at radius 1 is 1.22 bits per heavy atom. The predicted molar refractivity (Wildman–Crippen MR) is 93.4 cm³/mol. The van der Waals surface area contributed by atoms with E-state index in [4.69, 9.17) is 0 Å². The minimum atomic E-state index is -0.273. The normalized spacial score (nSPS) is 12.0. The van der Waals surface area contributed by atoms with Crippen LogP contribution >= 0.6 is 15.9 Å². The number of hydrogen-bond donors (Lipinski definition) is 1. The number of rotatable bonds is 6. The lowest BCUT2D eigenvalue weighted by molar-refractivity contribution is 0.0928. The third kappa shape index (κ3) is 4.51. The van der Waals surface area contributed by atoms with Crippen molar-refractivity contribution in [3.63, 3.8) is 0 Å². The molecule has 1 amide bonds. The summed E-state index contributed by atoms with van der Waals surface area (Å²) in [7, 11) is 0. The Morgan fingerprint density at radius 2 is 1.91 bits per heavy atom. The van der Waals surface area contributed by atoms with Gasteiger partial charge < -0.3 is 5.32 Å². The number of halogens is 1. The van der Waals surface area contributed by atoms with Crippen molar-refractivity contribution in [1.29, 1.82) is 0 Å². The van der Waals surface area contributed by atoms with Gasteiger partial charge in [-0.3, -0.25) is 9.59 Å². The molecule has 2 aromatic rings. The Hall–Kier alpha value is -1.95. The molecule has 0 saturated heterocycles. The van der Waals surface area contributed by atoms with Crippen LogP contribution in [0.25, 0.3) is 0 Å². The van der Waals surface area contributed by atoms with Gasteiger partial charge in [-0.25, -0.2) is 4.68 Å². The number of carbonyl (C=O) groups is 1. The molecule has 2 rings (SSSR count). The number of nitrogens with zero attached hydrogens (tertiary/aromatic N) is 2. The summed E-state index contributed by atoms with van der Waals surface area (Å²) in [5, 5.41) is 7.12. The molecule has 1 unspecified atom stereocenters.